The van der Waals surface area contributed by atoms with Crippen molar-refractivity contribution in [2.75, 3.05) is 41.5 Å². The Morgan fingerprint density at radius 1 is 1.16 bits per heavy atom. The quantitative estimate of drug-likeness (QED) is 0.419. The molecule has 3 rings (SSSR count). The number of benzene rings is 1. The summed E-state index contributed by atoms with van der Waals surface area (Å²) in [5.74, 6) is 4.45. The predicted molar refractivity (Wildman–Crippen MR) is 122 cm³/mol. The van der Waals surface area contributed by atoms with E-state index in [4.69, 9.17) is 23.9 Å². The molecule has 2 aromatic rings. The highest BCUT2D eigenvalue weighted by molar-refractivity contribution is 5.80. The first-order chi connectivity index (χ1) is 15.6. The van der Waals surface area contributed by atoms with Gasteiger partial charge in [0.25, 0.3) is 0 Å². The molecule has 10 heteroatoms. The van der Waals surface area contributed by atoms with Gasteiger partial charge in [-0.3, -0.25) is 4.99 Å². The number of guanidine groups is 1. The molecule has 0 saturated heterocycles. The summed E-state index contributed by atoms with van der Waals surface area (Å²) in [5, 5.41) is 11.4. The summed E-state index contributed by atoms with van der Waals surface area (Å²) < 4.78 is 23.5. The maximum Gasteiger partial charge on any atom is 0.203 e. The van der Waals surface area contributed by atoms with Crippen molar-refractivity contribution in [1.82, 2.24) is 25.4 Å². The Morgan fingerprint density at radius 3 is 2.66 bits per heavy atom. The van der Waals surface area contributed by atoms with Crippen LogP contribution in [0.4, 0.5) is 0 Å². The van der Waals surface area contributed by atoms with Crippen LogP contribution < -0.4 is 24.8 Å². The van der Waals surface area contributed by atoms with Gasteiger partial charge in [-0.2, -0.15) is 5.10 Å². The fourth-order valence-electron chi connectivity index (χ4n) is 3.83. The number of fused-ring (bicyclic) bond motifs is 1. The van der Waals surface area contributed by atoms with E-state index in [9.17, 15) is 0 Å². The molecule has 1 aromatic heterocycles. The molecule has 0 spiro atoms. The van der Waals surface area contributed by atoms with Crippen molar-refractivity contribution in [2.24, 2.45) is 4.99 Å². The molecule has 1 atom stereocenters. The molecule has 0 radical (unpaired) electrons. The SMILES string of the molecule is CCNC(=NCCc1ccc(OC)c(OC)c1OC)NC1CCc2nc(COC)nn2C1. The zero-order valence-corrected chi connectivity index (χ0v) is 19.6. The van der Waals surface area contributed by atoms with Crippen molar-refractivity contribution < 1.29 is 18.9 Å². The minimum Gasteiger partial charge on any atom is -0.493 e. The lowest BCUT2D eigenvalue weighted by atomic mass is 10.1. The highest BCUT2D eigenvalue weighted by Crippen LogP contribution is 2.39. The van der Waals surface area contributed by atoms with Crippen LogP contribution in [0.2, 0.25) is 0 Å². The van der Waals surface area contributed by atoms with Crippen molar-refractivity contribution in [1.29, 1.82) is 0 Å². The molecule has 0 amide bonds. The van der Waals surface area contributed by atoms with Gasteiger partial charge < -0.3 is 29.6 Å². The first kappa shape index (κ1) is 23.6. The number of aryl methyl sites for hydroxylation is 1. The van der Waals surface area contributed by atoms with Crippen LogP contribution >= 0.6 is 0 Å². The van der Waals surface area contributed by atoms with E-state index in [1.165, 1.54) is 0 Å². The average Bonchev–Trinajstić information content (AvgIpc) is 3.20. The highest BCUT2D eigenvalue weighted by Gasteiger charge is 2.22. The second-order valence-corrected chi connectivity index (χ2v) is 7.44. The average molecular weight is 447 g/mol. The largest absolute Gasteiger partial charge is 0.493 e. The molecule has 0 saturated carbocycles. The van der Waals surface area contributed by atoms with E-state index in [0.29, 0.717) is 36.8 Å². The van der Waals surface area contributed by atoms with Crippen molar-refractivity contribution in [3.8, 4) is 17.2 Å². The Hall–Kier alpha value is -3.01. The number of nitrogens with one attached hydrogen (secondary N) is 2. The molecule has 0 aliphatic carbocycles. The summed E-state index contributed by atoms with van der Waals surface area (Å²) >= 11 is 0. The van der Waals surface area contributed by atoms with Crippen LogP contribution in [-0.4, -0.2) is 68.3 Å². The Bertz CT molecular complexity index is 914. The third-order valence-corrected chi connectivity index (χ3v) is 5.30. The summed E-state index contributed by atoms with van der Waals surface area (Å²) in [4.78, 5) is 9.31. The van der Waals surface area contributed by atoms with Crippen LogP contribution in [0.15, 0.2) is 17.1 Å². The molecule has 2 N–H and O–H groups in total. The summed E-state index contributed by atoms with van der Waals surface area (Å²) in [6.45, 7) is 4.62. The number of aliphatic imine (C=N–C) groups is 1. The molecular formula is C22H34N6O4. The summed E-state index contributed by atoms with van der Waals surface area (Å²) in [6, 6.07) is 4.11. The number of hydrogen-bond acceptors (Lipinski definition) is 7. The van der Waals surface area contributed by atoms with Gasteiger partial charge in [0.05, 0.1) is 27.9 Å². The van der Waals surface area contributed by atoms with Gasteiger partial charge in [0.1, 0.15) is 12.4 Å². The standard InChI is InChI=1S/C22H34N6O4/c1-6-23-22(25-16-8-10-19-26-18(14-29-2)27-28(19)13-16)24-12-11-15-7-9-17(30-3)21(32-5)20(15)31-4/h7,9,16H,6,8,10-14H2,1-5H3,(H2,23,24,25). The first-order valence-corrected chi connectivity index (χ1v) is 10.9. The van der Waals surface area contributed by atoms with Crippen LogP contribution in [0, 0.1) is 0 Å². The topological polar surface area (TPSA) is 104 Å². The maximum atomic E-state index is 5.58. The third-order valence-electron chi connectivity index (χ3n) is 5.30. The lowest BCUT2D eigenvalue weighted by molar-refractivity contribution is 0.177. The molecule has 1 aliphatic rings. The minimum absolute atomic E-state index is 0.230. The lowest BCUT2D eigenvalue weighted by Crippen LogP contribution is -2.47. The van der Waals surface area contributed by atoms with Gasteiger partial charge >= 0.3 is 0 Å². The molecule has 2 heterocycles. The molecule has 10 nitrogen and oxygen atoms in total. The molecule has 1 unspecified atom stereocenters. The zero-order valence-electron chi connectivity index (χ0n) is 19.6. The number of nitrogens with zero attached hydrogens (tertiary/aromatic N) is 4. The number of methoxy groups -OCH3 is 4. The van der Waals surface area contributed by atoms with Gasteiger partial charge in [0.2, 0.25) is 5.75 Å². The fraction of sp³-hybridized carbons (Fsp3) is 0.591. The number of aromatic nitrogens is 3. The van der Waals surface area contributed by atoms with Crippen LogP contribution in [0.25, 0.3) is 0 Å². The van der Waals surface area contributed by atoms with E-state index in [0.717, 1.165) is 49.1 Å². The van der Waals surface area contributed by atoms with Gasteiger partial charge in [-0.1, -0.05) is 6.07 Å². The first-order valence-electron chi connectivity index (χ1n) is 10.9. The van der Waals surface area contributed by atoms with Crippen LogP contribution in [0.5, 0.6) is 17.2 Å². The Kier molecular flexibility index (Phi) is 8.55. The second kappa shape index (κ2) is 11.6. The van der Waals surface area contributed by atoms with Gasteiger partial charge in [0, 0.05) is 38.2 Å². The molecule has 176 valence electrons. The number of rotatable bonds is 10. The molecule has 32 heavy (non-hydrogen) atoms. The Labute approximate surface area is 189 Å². The van der Waals surface area contributed by atoms with Crippen LogP contribution in [0.3, 0.4) is 0 Å². The lowest BCUT2D eigenvalue weighted by Gasteiger charge is -2.25. The predicted octanol–water partition coefficient (Wildman–Crippen LogP) is 1.56. The van der Waals surface area contributed by atoms with Gasteiger partial charge in [0.15, 0.2) is 23.3 Å². The van der Waals surface area contributed by atoms with Crippen LogP contribution in [0.1, 0.15) is 30.6 Å². The molecule has 0 bridgehead atoms. The fourth-order valence-corrected chi connectivity index (χ4v) is 3.83. The minimum atomic E-state index is 0.230. The van der Waals surface area contributed by atoms with E-state index in [2.05, 4.69) is 27.6 Å². The van der Waals surface area contributed by atoms with E-state index in [1.54, 1.807) is 28.4 Å². The molecule has 0 fully saturated rings. The van der Waals surface area contributed by atoms with Gasteiger partial charge in [-0.15, -0.1) is 0 Å². The van der Waals surface area contributed by atoms with Crippen LogP contribution in [-0.2, 0) is 30.7 Å². The zero-order chi connectivity index (χ0) is 22.9. The van der Waals surface area contributed by atoms with E-state index < -0.39 is 0 Å². The smallest absolute Gasteiger partial charge is 0.203 e. The monoisotopic (exact) mass is 446 g/mol. The van der Waals surface area contributed by atoms with E-state index in [-0.39, 0.29) is 6.04 Å². The van der Waals surface area contributed by atoms with Crippen molar-refractivity contribution >= 4 is 5.96 Å². The van der Waals surface area contributed by atoms with Gasteiger partial charge in [-0.05, 0) is 25.8 Å². The second-order valence-electron chi connectivity index (χ2n) is 7.44. The van der Waals surface area contributed by atoms with E-state index >= 15 is 0 Å². The highest BCUT2D eigenvalue weighted by atomic mass is 16.5. The number of hydrogen-bond donors (Lipinski definition) is 2. The van der Waals surface area contributed by atoms with Crippen molar-refractivity contribution in [3.05, 3.63) is 29.3 Å². The van der Waals surface area contributed by atoms with Crippen molar-refractivity contribution in [3.63, 3.8) is 0 Å². The Morgan fingerprint density at radius 2 is 1.97 bits per heavy atom. The molecular weight excluding hydrogens is 412 g/mol. The summed E-state index contributed by atoms with van der Waals surface area (Å²) in [5.41, 5.74) is 1.01. The summed E-state index contributed by atoms with van der Waals surface area (Å²) in [6.07, 6.45) is 2.55. The molecule has 1 aromatic carbocycles. The summed E-state index contributed by atoms with van der Waals surface area (Å²) in [7, 11) is 6.51. The maximum absolute atomic E-state index is 5.58. The third kappa shape index (κ3) is 5.61. The Balaban J connectivity index is 1.64. The normalized spacial score (nSPS) is 15.8. The number of ether oxygens (including phenoxy) is 4. The van der Waals surface area contributed by atoms with Gasteiger partial charge in [-0.25, -0.2) is 9.67 Å². The van der Waals surface area contributed by atoms with Crippen molar-refractivity contribution in [2.45, 2.75) is 45.4 Å². The molecule has 1 aliphatic heterocycles. The van der Waals surface area contributed by atoms with E-state index in [1.807, 2.05) is 16.8 Å².